The molecule has 0 saturated heterocycles. The van der Waals surface area contributed by atoms with Crippen molar-refractivity contribution in [3.8, 4) is 11.5 Å². The molecule has 3 rings (SSSR count). The second-order valence-electron chi connectivity index (χ2n) is 4.92. The smallest absolute Gasteiger partial charge is 0.159 e. The molecule has 2 aliphatic rings. The van der Waals surface area contributed by atoms with E-state index in [0.29, 0.717) is 18.6 Å². The van der Waals surface area contributed by atoms with Gasteiger partial charge >= 0.3 is 0 Å². The minimum atomic E-state index is 0.208. The van der Waals surface area contributed by atoms with Crippen LogP contribution in [0.5, 0.6) is 11.5 Å². The average Bonchev–Trinajstić information content (AvgIpc) is 2.79. The van der Waals surface area contributed by atoms with Crippen LogP contribution in [0.3, 0.4) is 0 Å². The van der Waals surface area contributed by atoms with Crippen LogP contribution in [0.1, 0.15) is 36.8 Å². The van der Waals surface area contributed by atoms with Crippen LogP contribution in [0.2, 0.25) is 0 Å². The Bertz CT molecular complexity index is 555. The molecule has 0 bridgehead atoms. The number of hydrogen-bond acceptors (Lipinski definition) is 3. The molecule has 1 aromatic carbocycles. The molecule has 0 fully saturated rings. The van der Waals surface area contributed by atoms with E-state index < -0.39 is 0 Å². The van der Waals surface area contributed by atoms with Gasteiger partial charge < -0.3 is 9.84 Å². The molecule has 0 radical (unpaired) electrons. The van der Waals surface area contributed by atoms with Crippen molar-refractivity contribution < 1.29 is 14.6 Å². The minimum Gasteiger partial charge on any atom is -0.508 e. The van der Waals surface area contributed by atoms with Crippen LogP contribution in [0.15, 0.2) is 17.7 Å². The largest absolute Gasteiger partial charge is 0.508 e. The van der Waals surface area contributed by atoms with Gasteiger partial charge in [0, 0.05) is 18.1 Å². The highest BCUT2D eigenvalue weighted by atomic mass is 16.5. The summed E-state index contributed by atoms with van der Waals surface area (Å²) in [5.41, 5.74) is 4.21. The summed E-state index contributed by atoms with van der Waals surface area (Å²) in [5.74, 6) is 1.16. The number of hydrogen-bond donors (Lipinski definition) is 1. The topological polar surface area (TPSA) is 46.5 Å². The van der Waals surface area contributed by atoms with Crippen LogP contribution in [0.4, 0.5) is 0 Å². The van der Waals surface area contributed by atoms with Gasteiger partial charge in [-0.3, -0.25) is 4.79 Å². The number of allylic oxidation sites excluding steroid dienone is 2. The number of aromatic hydroxyl groups is 1. The SMILES string of the molecule is COc1cc(O)cc2c1C1=C(CCC1)C(=O)CC2. The molecule has 94 valence electrons. The first kappa shape index (κ1) is 11.3. The molecule has 0 unspecified atom stereocenters. The molecular formula is C15H16O3. The summed E-state index contributed by atoms with van der Waals surface area (Å²) in [7, 11) is 1.61. The standard InChI is InChI=1S/C15H16O3/c1-18-14-8-10(16)7-9-5-6-13(17)11-3-2-4-12(11)15(9)14/h7-8,16H,2-6H2,1H3. The Kier molecular flexibility index (Phi) is 2.62. The molecule has 0 heterocycles. The van der Waals surface area contributed by atoms with Gasteiger partial charge in [-0.2, -0.15) is 0 Å². The van der Waals surface area contributed by atoms with Crippen LogP contribution >= 0.6 is 0 Å². The van der Waals surface area contributed by atoms with E-state index in [1.807, 2.05) is 0 Å². The fraction of sp³-hybridized carbons (Fsp3) is 0.400. The Labute approximate surface area is 106 Å². The van der Waals surface area contributed by atoms with Gasteiger partial charge in [-0.15, -0.1) is 0 Å². The molecule has 1 N–H and O–H groups in total. The third-order valence-corrected chi connectivity index (χ3v) is 3.87. The number of Topliss-reactive ketones (excluding diaryl/α,β-unsaturated/α-hetero) is 1. The second-order valence-corrected chi connectivity index (χ2v) is 4.92. The second kappa shape index (κ2) is 4.16. The lowest BCUT2D eigenvalue weighted by atomic mass is 9.96. The number of fused-ring (bicyclic) bond motifs is 2. The Morgan fingerprint density at radius 1 is 1.11 bits per heavy atom. The van der Waals surface area contributed by atoms with Crippen molar-refractivity contribution in [2.75, 3.05) is 7.11 Å². The predicted molar refractivity (Wildman–Crippen MR) is 68.8 cm³/mol. The zero-order valence-corrected chi connectivity index (χ0v) is 10.5. The summed E-state index contributed by atoms with van der Waals surface area (Å²) in [5, 5.41) is 9.72. The first-order valence-corrected chi connectivity index (χ1v) is 6.36. The van der Waals surface area contributed by atoms with Crippen molar-refractivity contribution in [3.63, 3.8) is 0 Å². The maximum absolute atomic E-state index is 12.1. The molecule has 1 aromatic rings. The van der Waals surface area contributed by atoms with E-state index >= 15 is 0 Å². The van der Waals surface area contributed by atoms with Crippen molar-refractivity contribution in [1.82, 2.24) is 0 Å². The lowest BCUT2D eigenvalue weighted by molar-refractivity contribution is -0.115. The monoisotopic (exact) mass is 244 g/mol. The number of aryl methyl sites for hydroxylation is 1. The lowest BCUT2D eigenvalue weighted by Crippen LogP contribution is -2.00. The lowest BCUT2D eigenvalue weighted by Gasteiger charge is -2.14. The predicted octanol–water partition coefficient (Wildman–Crippen LogP) is 2.85. The van der Waals surface area contributed by atoms with Gasteiger partial charge in [0.25, 0.3) is 0 Å². The number of benzene rings is 1. The van der Waals surface area contributed by atoms with Gasteiger partial charge in [-0.25, -0.2) is 0 Å². The molecule has 0 aromatic heterocycles. The number of rotatable bonds is 1. The third kappa shape index (κ3) is 1.62. The number of ketones is 1. The summed E-state index contributed by atoms with van der Waals surface area (Å²) in [6.07, 6.45) is 4.09. The van der Waals surface area contributed by atoms with E-state index in [-0.39, 0.29) is 11.5 Å². The number of phenolic OH excluding ortho intramolecular Hbond substituents is 1. The maximum Gasteiger partial charge on any atom is 0.159 e. The van der Waals surface area contributed by atoms with E-state index in [1.165, 1.54) is 0 Å². The van der Waals surface area contributed by atoms with E-state index in [1.54, 1.807) is 19.2 Å². The van der Waals surface area contributed by atoms with Gasteiger partial charge in [0.1, 0.15) is 11.5 Å². The van der Waals surface area contributed by atoms with E-state index in [2.05, 4.69) is 0 Å². The first-order valence-electron chi connectivity index (χ1n) is 6.36. The molecule has 0 amide bonds. The first-order chi connectivity index (χ1) is 8.70. The van der Waals surface area contributed by atoms with Gasteiger partial charge in [0.05, 0.1) is 7.11 Å². The minimum absolute atomic E-state index is 0.208. The quantitative estimate of drug-likeness (QED) is 0.826. The Balaban J connectivity index is 2.26. The molecule has 0 aliphatic heterocycles. The molecule has 2 aliphatic carbocycles. The number of carbonyl (C=O) groups is 1. The average molecular weight is 244 g/mol. The summed E-state index contributed by atoms with van der Waals surface area (Å²) < 4.78 is 5.39. The summed E-state index contributed by atoms with van der Waals surface area (Å²) in [6, 6.07) is 3.40. The van der Waals surface area contributed by atoms with Crippen LogP contribution in [-0.2, 0) is 11.2 Å². The van der Waals surface area contributed by atoms with Crippen molar-refractivity contribution >= 4 is 11.4 Å². The summed E-state index contributed by atoms with van der Waals surface area (Å²) in [4.78, 5) is 12.1. The van der Waals surface area contributed by atoms with Crippen LogP contribution < -0.4 is 4.74 Å². The fourth-order valence-electron chi connectivity index (χ4n) is 3.08. The molecule has 3 heteroatoms. The molecular weight excluding hydrogens is 228 g/mol. The van der Waals surface area contributed by atoms with Crippen LogP contribution in [0, 0.1) is 0 Å². The third-order valence-electron chi connectivity index (χ3n) is 3.87. The van der Waals surface area contributed by atoms with E-state index in [4.69, 9.17) is 4.74 Å². The van der Waals surface area contributed by atoms with Crippen molar-refractivity contribution in [1.29, 1.82) is 0 Å². The van der Waals surface area contributed by atoms with Crippen LogP contribution in [-0.4, -0.2) is 18.0 Å². The summed E-state index contributed by atoms with van der Waals surface area (Å²) in [6.45, 7) is 0. The number of phenols is 1. The Morgan fingerprint density at radius 2 is 1.89 bits per heavy atom. The zero-order chi connectivity index (χ0) is 12.7. The zero-order valence-electron chi connectivity index (χ0n) is 10.5. The number of methoxy groups -OCH3 is 1. The molecule has 0 spiro atoms. The van der Waals surface area contributed by atoms with Gasteiger partial charge in [0.15, 0.2) is 5.78 Å². The normalized spacial score (nSPS) is 18.4. The number of ether oxygens (including phenoxy) is 1. The van der Waals surface area contributed by atoms with Crippen molar-refractivity contribution in [2.24, 2.45) is 0 Å². The highest BCUT2D eigenvalue weighted by Gasteiger charge is 2.28. The number of carbonyl (C=O) groups excluding carboxylic acids is 1. The maximum atomic E-state index is 12.1. The van der Waals surface area contributed by atoms with Crippen LogP contribution in [0.25, 0.3) is 5.57 Å². The van der Waals surface area contributed by atoms with Crippen molar-refractivity contribution in [2.45, 2.75) is 32.1 Å². The molecule has 0 saturated carbocycles. The van der Waals surface area contributed by atoms with Gasteiger partial charge in [-0.1, -0.05) is 0 Å². The Morgan fingerprint density at radius 3 is 2.67 bits per heavy atom. The van der Waals surface area contributed by atoms with Crippen molar-refractivity contribution in [3.05, 3.63) is 28.8 Å². The highest BCUT2D eigenvalue weighted by Crippen LogP contribution is 2.44. The molecule has 3 nitrogen and oxygen atoms in total. The fourth-order valence-corrected chi connectivity index (χ4v) is 3.08. The van der Waals surface area contributed by atoms with Gasteiger partial charge in [-0.05, 0) is 48.5 Å². The molecule has 18 heavy (non-hydrogen) atoms. The Hall–Kier alpha value is -1.77. The molecule has 0 atom stereocenters. The summed E-state index contributed by atoms with van der Waals surface area (Å²) >= 11 is 0. The highest BCUT2D eigenvalue weighted by molar-refractivity contribution is 6.05. The van der Waals surface area contributed by atoms with Gasteiger partial charge in [0.2, 0.25) is 0 Å². The van der Waals surface area contributed by atoms with E-state index in [9.17, 15) is 9.90 Å². The van der Waals surface area contributed by atoms with E-state index in [0.717, 1.165) is 41.5 Å².